The van der Waals surface area contributed by atoms with Crippen LogP contribution >= 0.6 is 11.3 Å². The average Bonchev–Trinajstić information content (AvgIpc) is 3.20. The van der Waals surface area contributed by atoms with Gasteiger partial charge in [0, 0.05) is 13.2 Å². The predicted molar refractivity (Wildman–Crippen MR) is 82.1 cm³/mol. The molecule has 3 aromatic rings. The van der Waals surface area contributed by atoms with Crippen LogP contribution in [0.4, 0.5) is 10.7 Å². The maximum Gasteiger partial charge on any atom is 0.291 e. The first-order valence-electron chi connectivity index (χ1n) is 6.36. The predicted octanol–water partition coefficient (Wildman–Crippen LogP) is 2.58. The lowest BCUT2D eigenvalue weighted by Gasteiger charge is -2.00. The Morgan fingerprint density at radius 1 is 1.23 bits per heavy atom. The molecule has 0 aliphatic carbocycles. The van der Waals surface area contributed by atoms with Crippen molar-refractivity contribution in [1.82, 2.24) is 9.78 Å². The molecule has 2 amide bonds. The lowest BCUT2D eigenvalue weighted by atomic mass is 10.4. The summed E-state index contributed by atoms with van der Waals surface area (Å²) in [6.45, 7) is 0. The van der Waals surface area contributed by atoms with E-state index in [1.807, 2.05) is 0 Å². The van der Waals surface area contributed by atoms with E-state index in [9.17, 15) is 9.59 Å². The number of hydrogen-bond donors (Lipinski definition) is 2. The molecule has 7 nitrogen and oxygen atoms in total. The number of aromatic nitrogens is 2. The second kappa shape index (κ2) is 5.86. The van der Waals surface area contributed by atoms with Crippen LogP contribution in [0.15, 0.2) is 47.3 Å². The van der Waals surface area contributed by atoms with Crippen molar-refractivity contribution in [1.29, 1.82) is 0 Å². The fourth-order valence-corrected chi connectivity index (χ4v) is 2.58. The second-order valence-electron chi connectivity index (χ2n) is 4.45. The topological polar surface area (TPSA) is 89.2 Å². The van der Waals surface area contributed by atoms with Gasteiger partial charge in [0.05, 0.1) is 28.0 Å². The molecule has 0 aliphatic rings. The van der Waals surface area contributed by atoms with Crippen LogP contribution in [0.3, 0.4) is 0 Å². The zero-order chi connectivity index (χ0) is 15.5. The van der Waals surface area contributed by atoms with E-state index in [-0.39, 0.29) is 17.6 Å². The number of rotatable bonds is 4. The number of nitrogens with zero attached hydrogens (tertiary/aromatic N) is 2. The van der Waals surface area contributed by atoms with Crippen molar-refractivity contribution >= 4 is 33.8 Å². The maximum atomic E-state index is 12.1. The Labute approximate surface area is 129 Å². The summed E-state index contributed by atoms with van der Waals surface area (Å²) in [6, 6.07) is 6.52. The summed E-state index contributed by atoms with van der Waals surface area (Å²) in [5, 5.41) is 9.95. The van der Waals surface area contributed by atoms with Crippen molar-refractivity contribution in [3.05, 3.63) is 53.6 Å². The number of furan rings is 1. The van der Waals surface area contributed by atoms with Crippen molar-refractivity contribution in [3.8, 4) is 0 Å². The number of nitrogens with one attached hydrogen (secondary N) is 2. The molecule has 0 radical (unpaired) electrons. The third kappa shape index (κ3) is 3.07. The van der Waals surface area contributed by atoms with Gasteiger partial charge in [0.2, 0.25) is 0 Å². The molecule has 0 saturated carbocycles. The minimum Gasteiger partial charge on any atom is -0.459 e. The summed E-state index contributed by atoms with van der Waals surface area (Å²) in [4.78, 5) is 24.4. The van der Waals surface area contributed by atoms with E-state index < -0.39 is 0 Å². The number of aryl methyl sites for hydroxylation is 1. The van der Waals surface area contributed by atoms with Gasteiger partial charge in [0.1, 0.15) is 0 Å². The number of carbonyl (C=O) groups is 2. The van der Waals surface area contributed by atoms with Crippen LogP contribution in [0.25, 0.3) is 0 Å². The standard InChI is InChI=1S/C14H12N4O3S/c1-18-8-9(7-15-18)16-14(20)11-4-5-12(22-11)17-13(19)10-3-2-6-21-10/h2-8H,1H3,(H,16,20)(H,17,19). The minimum absolute atomic E-state index is 0.217. The minimum atomic E-state index is -0.355. The molecule has 2 N–H and O–H groups in total. The van der Waals surface area contributed by atoms with Crippen LogP contribution in [-0.4, -0.2) is 21.6 Å². The Bertz CT molecular complexity index is 804. The SMILES string of the molecule is Cn1cc(NC(=O)c2ccc(NC(=O)c3ccco3)s2)cn1. The number of hydrogen-bond acceptors (Lipinski definition) is 5. The number of carbonyl (C=O) groups excluding carboxylic acids is 2. The largest absolute Gasteiger partial charge is 0.459 e. The first-order chi connectivity index (χ1) is 10.6. The van der Waals surface area contributed by atoms with Gasteiger partial charge >= 0.3 is 0 Å². The quantitative estimate of drug-likeness (QED) is 0.774. The van der Waals surface area contributed by atoms with Crippen LogP contribution in [-0.2, 0) is 7.05 Å². The highest BCUT2D eigenvalue weighted by Gasteiger charge is 2.13. The molecule has 0 fully saturated rings. The average molecular weight is 316 g/mol. The molecule has 22 heavy (non-hydrogen) atoms. The van der Waals surface area contributed by atoms with Gasteiger partial charge in [-0.05, 0) is 24.3 Å². The van der Waals surface area contributed by atoms with Gasteiger partial charge in [-0.1, -0.05) is 0 Å². The summed E-state index contributed by atoms with van der Waals surface area (Å²) in [5.74, 6) is -0.391. The zero-order valence-electron chi connectivity index (χ0n) is 11.6. The highest BCUT2D eigenvalue weighted by atomic mass is 32.1. The lowest BCUT2D eigenvalue weighted by molar-refractivity contribution is 0.0995. The van der Waals surface area contributed by atoms with Gasteiger partial charge < -0.3 is 15.1 Å². The molecule has 0 atom stereocenters. The number of amides is 2. The van der Waals surface area contributed by atoms with Crippen LogP contribution < -0.4 is 10.6 Å². The summed E-state index contributed by atoms with van der Waals surface area (Å²) in [5.41, 5.74) is 0.613. The van der Waals surface area contributed by atoms with Crippen molar-refractivity contribution in [2.24, 2.45) is 7.05 Å². The molecule has 0 unspecified atom stereocenters. The van der Waals surface area contributed by atoms with Crippen molar-refractivity contribution in [2.45, 2.75) is 0 Å². The van der Waals surface area contributed by atoms with E-state index in [0.29, 0.717) is 15.6 Å². The highest BCUT2D eigenvalue weighted by Crippen LogP contribution is 2.23. The summed E-state index contributed by atoms with van der Waals surface area (Å²) >= 11 is 1.18. The van der Waals surface area contributed by atoms with Gasteiger partial charge in [0.15, 0.2) is 5.76 Å². The molecule has 0 spiro atoms. The molecule has 0 bridgehead atoms. The molecule has 0 saturated heterocycles. The van der Waals surface area contributed by atoms with Gasteiger partial charge in [-0.25, -0.2) is 0 Å². The van der Waals surface area contributed by atoms with Crippen molar-refractivity contribution < 1.29 is 14.0 Å². The van der Waals surface area contributed by atoms with E-state index in [1.165, 1.54) is 17.6 Å². The Morgan fingerprint density at radius 3 is 2.77 bits per heavy atom. The summed E-state index contributed by atoms with van der Waals surface area (Å²) in [7, 11) is 1.77. The zero-order valence-corrected chi connectivity index (χ0v) is 12.4. The van der Waals surface area contributed by atoms with Gasteiger partial charge in [-0.3, -0.25) is 14.3 Å². The third-order valence-electron chi connectivity index (χ3n) is 2.77. The Balaban J connectivity index is 1.65. The van der Waals surface area contributed by atoms with Crippen LogP contribution in [0.5, 0.6) is 0 Å². The Kier molecular flexibility index (Phi) is 3.75. The van der Waals surface area contributed by atoms with E-state index in [2.05, 4.69) is 15.7 Å². The smallest absolute Gasteiger partial charge is 0.291 e. The van der Waals surface area contributed by atoms with Gasteiger partial charge in [-0.15, -0.1) is 11.3 Å². The molecule has 3 heterocycles. The van der Waals surface area contributed by atoms with E-state index in [4.69, 9.17) is 4.42 Å². The second-order valence-corrected chi connectivity index (χ2v) is 5.54. The van der Waals surface area contributed by atoms with E-state index in [1.54, 1.807) is 48.4 Å². The van der Waals surface area contributed by atoms with Crippen LogP contribution in [0.1, 0.15) is 20.2 Å². The molecule has 112 valence electrons. The molecule has 3 aromatic heterocycles. The molecule has 3 rings (SSSR count). The van der Waals surface area contributed by atoms with Gasteiger partial charge in [-0.2, -0.15) is 5.10 Å². The van der Waals surface area contributed by atoms with Crippen molar-refractivity contribution in [3.63, 3.8) is 0 Å². The normalized spacial score (nSPS) is 10.4. The molecular weight excluding hydrogens is 304 g/mol. The lowest BCUT2D eigenvalue weighted by Crippen LogP contribution is -2.10. The van der Waals surface area contributed by atoms with Crippen LogP contribution in [0.2, 0.25) is 0 Å². The summed E-state index contributed by atoms with van der Waals surface area (Å²) in [6.07, 6.45) is 4.69. The molecule has 0 aromatic carbocycles. The molecule has 8 heteroatoms. The Morgan fingerprint density at radius 2 is 2.09 bits per heavy atom. The molecular formula is C14H12N4O3S. The fourth-order valence-electron chi connectivity index (χ4n) is 1.79. The number of anilines is 2. The fraction of sp³-hybridized carbons (Fsp3) is 0.0714. The summed E-state index contributed by atoms with van der Waals surface area (Å²) < 4.78 is 6.60. The van der Waals surface area contributed by atoms with Crippen molar-refractivity contribution in [2.75, 3.05) is 10.6 Å². The first-order valence-corrected chi connectivity index (χ1v) is 7.18. The first kappa shape index (κ1) is 14.1. The monoisotopic (exact) mass is 316 g/mol. The van der Waals surface area contributed by atoms with Crippen LogP contribution in [0, 0.1) is 0 Å². The van der Waals surface area contributed by atoms with Gasteiger partial charge in [0.25, 0.3) is 11.8 Å². The van der Waals surface area contributed by atoms with E-state index in [0.717, 1.165) is 0 Å². The Hall–Kier alpha value is -2.87. The maximum absolute atomic E-state index is 12.1. The third-order valence-corrected chi connectivity index (χ3v) is 3.77. The number of thiophene rings is 1. The van der Waals surface area contributed by atoms with E-state index >= 15 is 0 Å². The highest BCUT2D eigenvalue weighted by molar-refractivity contribution is 7.18. The molecule has 0 aliphatic heterocycles.